The molecule has 0 aliphatic heterocycles. The molecule has 0 saturated heterocycles. The van der Waals surface area contributed by atoms with Crippen molar-refractivity contribution in [3.05, 3.63) is 40.5 Å². The van der Waals surface area contributed by atoms with Crippen molar-refractivity contribution >= 4 is 51.8 Å². The van der Waals surface area contributed by atoms with Crippen molar-refractivity contribution in [2.24, 2.45) is 0 Å². The van der Waals surface area contributed by atoms with Crippen LogP contribution < -0.4 is 10.6 Å². The molecule has 0 fully saturated rings. The zero-order valence-corrected chi connectivity index (χ0v) is 15.2. The second-order valence-corrected chi connectivity index (χ2v) is 5.53. The van der Waals surface area contributed by atoms with Crippen LogP contribution in [0.2, 0.25) is 0 Å². The summed E-state index contributed by atoms with van der Waals surface area (Å²) in [5.74, 6) is 0.890. The number of halogens is 2. The number of rotatable bonds is 6. The van der Waals surface area contributed by atoms with Gasteiger partial charge in [0.1, 0.15) is 12.4 Å². The van der Waals surface area contributed by atoms with Crippen LogP contribution in [-0.2, 0) is 9.53 Å². The molecule has 0 radical (unpaired) electrons. The molecule has 0 atom stereocenters. The van der Waals surface area contributed by atoms with Gasteiger partial charge in [0.2, 0.25) is 5.95 Å². The topological polar surface area (TPSA) is 76.1 Å². The summed E-state index contributed by atoms with van der Waals surface area (Å²) < 4.78 is 5.87. The van der Waals surface area contributed by atoms with E-state index in [-0.39, 0.29) is 25.0 Å². The van der Waals surface area contributed by atoms with Crippen LogP contribution in [0.3, 0.4) is 0 Å². The molecule has 8 heteroatoms. The van der Waals surface area contributed by atoms with E-state index in [1.54, 1.807) is 0 Å². The minimum atomic E-state index is -0.301. The van der Waals surface area contributed by atoms with Crippen molar-refractivity contribution < 1.29 is 9.53 Å². The summed E-state index contributed by atoms with van der Waals surface area (Å²) >= 11 is 3.40. The first-order valence-corrected chi connectivity index (χ1v) is 7.58. The number of hydrogen-bond donors (Lipinski definition) is 2. The van der Waals surface area contributed by atoms with Gasteiger partial charge < -0.3 is 15.4 Å². The van der Waals surface area contributed by atoms with Crippen LogP contribution in [0, 0.1) is 6.92 Å². The van der Waals surface area contributed by atoms with Crippen LogP contribution in [0.25, 0.3) is 0 Å². The van der Waals surface area contributed by atoms with E-state index < -0.39 is 0 Å². The van der Waals surface area contributed by atoms with Crippen LogP contribution in [-0.4, -0.2) is 29.1 Å². The number of aromatic nitrogens is 2. The predicted octanol–water partition coefficient (Wildman–Crippen LogP) is 3.69. The lowest BCUT2D eigenvalue weighted by molar-refractivity contribution is -0.140. The maximum Gasteiger partial charge on any atom is 0.302 e. The molecule has 1 aromatic carbocycles. The Morgan fingerprint density at radius 1 is 1.26 bits per heavy atom. The van der Waals surface area contributed by atoms with E-state index in [4.69, 9.17) is 4.74 Å². The quantitative estimate of drug-likeness (QED) is 0.568. The number of carbonyl (C=O) groups excluding carboxylic acids is 1. The van der Waals surface area contributed by atoms with Gasteiger partial charge in [-0.15, -0.1) is 12.4 Å². The zero-order valence-electron chi connectivity index (χ0n) is 12.8. The normalized spacial score (nSPS) is 9.70. The van der Waals surface area contributed by atoms with Crippen LogP contribution >= 0.6 is 28.3 Å². The van der Waals surface area contributed by atoms with Crippen LogP contribution in [0.5, 0.6) is 0 Å². The molecule has 2 N–H and O–H groups in total. The Morgan fingerprint density at radius 2 is 1.96 bits per heavy atom. The number of nitrogens with zero attached hydrogens (tertiary/aromatic N) is 2. The summed E-state index contributed by atoms with van der Waals surface area (Å²) in [6.45, 7) is 4.01. The molecule has 0 spiro atoms. The van der Waals surface area contributed by atoms with Crippen molar-refractivity contribution in [1.82, 2.24) is 9.97 Å². The Kier molecular flexibility index (Phi) is 7.77. The second kappa shape index (κ2) is 9.32. The highest BCUT2D eigenvalue weighted by Crippen LogP contribution is 2.19. The average molecular weight is 402 g/mol. The first-order valence-electron chi connectivity index (χ1n) is 6.78. The van der Waals surface area contributed by atoms with Gasteiger partial charge in [0, 0.05) is 28.8 Å². The van der Waals surface area contributed by atoms with Crippen LogP contribution in [0.1, 0.15) is 12.6 Å². The molecule has 2 aromatic rings. The molecule has 0 unspecified atom stereocenters. The van der Waals surface area contributed by atoms with Crippen LogP contribution in [0.4, 0.5) is 17.5 Å². The van der Waals surface area contributed by atoms with Gasteiger partial charge in [0.05, 0.1) is 6.54 Å². The Hall–Kier alpha value is -1.86. The van der Waals surface area contributed by atoms with E-state index in [2.05, 4.69) is 36.5 Å². The highest BCUT2D eigenvalue weighted by atomic mass is 79.9. The molecular weight excluding hydrogens is 384 g/mol. The maximum atomic E-state index is 10.7. The largest absolute Gasteiger partial charge is 0.464 e. The molecular formula is C15H18BrClN4O2. The smallest absolute Gasteiger partial charge is 0.302 e. The minimum Gasteiger partial charge on any atom is -0.464 e. The Balaban J connectivity index is 0.00000264. The SMILES string of the molecule is CC(=O)OCCNc1nc(C)cc(Nc2ccc(Br)cc2)n1.Cl. The summed E-state index contributed by atoms with van der Waals surface area (Å²) in [6, 6.07) is 9.67. The number of esters is 1. The molecule has 0 saturated carbocycles. The highest BCUT2D eigenvalue weighted by Gasteiger charge is 2.03. The fourth-order valence-electron chi connectivity index (χ4n) is 1.75. The van der Waals surface area contributed by atoms with Gasteiger partial charge in [-0.2, -0.15) is 4.98 Å². The Bertz CT molecular complexity index is 652. The molecule has 1 aromatic heterocycles. The molecule has 6 nitrogen and oxygen atoms in total. The summed E-state index contributed by atoms with van der Waals surface area (Å²) in [6.07, 6.45) is 0. The van der Waals surface area contributed by atoms with E-state index in [1.165, 1.54) is 6.92 Å². The van der Waals surface area contributed by atoms with E-state index >= 15 is 0 Å². The third-order valence-electron chi connectivity index (χ3n) is 2.66. The van der Waals surface area contributed by atoms with Crippen molar-refractivity contribution in [2.75, 3.05) is 23.8 Å². The van der Waals surface area contributed by atoms with Gasteiger partial charge in [-0.1, -0.05) is 15.9 Å². The van der Waals surface area contributed by atoms with E-state index in [1.807, 2.05) is 37.3 Å². The number of ether oxygens (including phenoxy) is 1. The lowest BCUT2D eigenvalue weighted by Gasteiger charge is -2.10. The predicted molar refractivity (Wildman–Crippen MR) is 96.6 cm³/mol. The van der Waals surface area contributed by atoms with Gasteiger partial charge in [-0.05, 0) is 31.2 Å². The average Bonchev–Trinajstić information content (AvgIpc) is 2.45. The standard InChI is InChI=1S/C15H17BrN4O2.ClH/c1-10-9-14(19-13-5-3-12(16)4-6-13)20-15(18-10)17-7-8-22-11(2)21;/h3-6,9H,7-8H2,1-2H3,(H2,17,18,19,20);1H. The number of anilines is 3. The van der Waals surface area contributed by atoms with Crippen LogP contribution in [0.15, 0.2) is 34.8 Å². The number of aryl methyl sites for hydroxylation is 1. The van der Waals surface area contributed by atoms with Gasteiger partial charge in [0.15, 0.2) is 0 Å². The van der Waals surface area contributed by atoms with Gasteiger partial charge in [-0.25, -0.2) is 4.98 Å². The summed E-state index contributed by atoms with van der Waals surface area (Å²) in [7, 11) is 0. The summed E-state index contributed by atoms with van der Waals surface area (Å²) in [5.41, 5.74) is 1.77. The zero-order chi connectivity index (χ0) is 15.9. The first kappa shape index (κ1) is 19.2. The molecule has 1 heterocycles. The van der Waals surface area contributed by atoms with Gasteiger partial charge in [-0.3, -0.25) is 4.79 Å². The molecule has 23 heavy (non-hydrogen) atoms. The van der Waals surface area contributed by atoms with Gasteiger partial charge in [0.25, 0.3) is 0 Å². The lowest BCUT2D eigenvalue weighted by atomic mass is 10.3. The first-order chi connectivity index (χ1) is 10.5. The van der Waals surface area contributed by atoms with Crippen molar-refractivity contribution in [3.8, 4) is 0 Å². The molecule has 0 aliphatic carbocycles. The number of carbonyl (C=O) groups is 1. The molecule has 124 valence electrons. The minimum absolute atomic E-state index is 0. The monoisotopic (exact) mass is 400 g/mol. The lowest BCUT2D eigenvalue weighted by Crippen LogP contribution is -2.14. The molecule has 2 rings (SSSR count). The molecule has 0 bridgehead atoms. The fraction of sp³-hybridized carbons (Fsp3) is 0.267. The third-order valence-corrected chi connectivity index (χ3v) is 3.19. The highest BCUT2D eigenvalue weighted by molar-refractivity contribution is 9.10. The summed E-state index contributed by atoms with van der Waals surface area (Å²) in [4.78, 5) is 19.4. The van der Waals surface area contributed by atoms with E-state index in [9.17, 15) is 4.79 Å². The fourth-order valence-corrected chi connectivity index (χ4v) is 2.01. The van der Waals surface area contributed by atoms with Gasteiger partial charge >= 0.3 is 5.97 Å². The molecule has 0 aliphatic rings. The van der Waals surface area contributed by atoms with Crippen molar-refractivity contribution in [3.63, 3.8) is 0 Å². The molecule has 0 amide bonds. The number of hydrogen-bond acceptors (Lipinski definition) is 6. The van der Waals surface area contributed by atoms with Crippen molar-refractivity contribution in [2.45, 2.75) is 13.8 Å². The number of benzene rings is 1. The number of nitrogens with one attached hydrogen (secondary N) is 2. The Morgan fingerprint density at radius 3 is 2.61 bits per heavy atom. The maximum absolute atomic E-state index is 10.7. The Labute approximate surface area is 149 Å². The van der Waals surface area contributed by atoms with E-state index in [0.29, 0.717) is 18.3 Å². The second-order valence-electron chi connectivity index (χ2n) is 4.62. The summed E-state index contributed by atoms with van der Waals surface area (Å²) in [5, 5.41) is 6.25. The van der Waals surface area contributed by atoms with E-state index in [0.717, 1.165) is 15.9 Å². The van der Waals surface area contributed by atoms with Crippen molar-refractivity contribution in [1.29, 1.82) is 0 Å². The third kappa shape index (κ3) is 6.83.